The van der Waals surface area contributed by atoms with Crippen LogP contribution in [0.2, 0.25) is 0 Å². The zero-order valence-corrected chi connectivity index (χ0v) is 13.4. The number of ether oxygens (including phenoxy) is 3. The van der Waals surface area contributed by atoms with Crippen molar-refractivity contribution >= 4 is 11.6 Å². The summed E-state index contributed by atoms with van der Waals surface area (Å²) in [7, 11) is 1.63. The standard InChI is InChI=1S/C18H21NO4/c1-14-4-3-5-17(12-14)23-13-18(20)19-15-6-8-16(9-7-15)22-11-10-21-2/h3-9,12H,10-11,13H2,1-2H3,(H,19,20). The van der Waals surface area contributed by atoms with E-state index in [1.807, 2.05) is 31.2 Å². The highest BCUT2D eigenvalue weighted by Gasteiger charge is 2.04. The topological polar surface area (TPSA) is 56.8 Å². The molecule has 0 unspecified atom stereocenters. The largest absolute Gasteiger partial charge is 0.491 e. The number of amides is 1. The Morgan fingerprint density at radius 3 is 2.48 bits per heavy atom. The van der Waals surface area contributed by atoms with E-state index in [0.29, 0.717) is 24.7 Å². The maximum absolute atomic E-state index is 11.9. The molecule has 0 aliphatic carbocycles. The average Bonchev–Trinajstić information content (AvgIpc) is 2.55. The molecule has 0 bridgehead atoms. The van der Waals surface area contributed by atoms with Crippen molar-refractivity contribution in [3.05, 3.63) is 54.1 Å². The van der Waals surface area contributed by atoms with Crippen molar-refractivity contribution in [3.63, 3.8) is 0 Å². The van der Waals surface area contributed by atoms with Crippen molar-refractivity contribution < 1.29 is 19.0 Å². The van der Waals surface area contributed by atoms with Crippen LogP contribution in [0.4, 0.5) is 5.69 Å². The molecule has 5 heteroatoms. The summed E-state index contributed by atoms with van der Waals surface area (Å²) in [5, 5.41) is 2.78. The average molecular weight is 315 g/mol. The summed E-state index contributed by atoms with van der Waals surface area (Å²) in [6.07, 6.45) is 0. The van der Waals surface area contributed by atoms with Crippen molar-refractivity contribution in [1.29, 1.82) is 0 Å². The van der Waals surface area contributed by atoms with Gasteiger partial charge in [0.25, 0.3) is 5.91 Å². The fourth-order valence-electron chi connectivity index (χ4n) is 1.93. The number of hydrogen-bond acceptors (Lipinski definition) is 4. The zero-order chi connectivity index (χ0) is 16.5. The molecule has 1 N–H and O–H groups in total. The van der Waals surface area contributed by atoms with Gasteiger partial charge in [0.2, 0.25) is 0 Å². The number of methoxy groups -OCH3 is 1. The van der Waals surface area contributed by atoms with Gasteiger partial charge in [-0.15, -0.1) is 0 Å². The third kappa shape index (κ3) is 6.00. The summed E-state index contributed by atoms with van der Waals surface area (Å²) in [5.41, 5.74) is 1.79. The Morgan fingerprint density at radius 1 is 1.00 bits per heavy atom. The molecule has 5 nitrogen and oxygen atoms in total. The van der Waals surface area contributed by atoms with Gasteiger partial charge < -0.3 is 19.5 Å². The second-order valence-corrected chi connectivity index (χ2v) is 5.02. The lowest BCUT2D eigenvalue weighted by Crippen LogP contribution is -2.20. The lowest BCUT2D eigenvalue weighted by Gasteiger charge is -2.09. The molecule has 2 rings (SSSR count). The first-order valence-corrected chi connectivity index (χ1v) is 7.38. The molecule has 0 aromatic heterocycles. The van der Waals surface area contributed by atoms with Crippen LogP contribution in [0.15, 0.2) is 48.5 Å². The van der Waals surface area contributed by atoms with Gasteiger partial charge in [-0.3, -0.25) is 4.79 Å². The fraction of sp³-hybridized carbons (Fsp3) is 0.278. The molecular weight excluding hydrogens is 294 g/mol. The van der Waals surface area contributed by atoms with Crippen LogP contribution in [0.3, 0.4) is 0 Å². The van der Waals surface area contributed by atoms with E-state index in [1.54, 1.807) is 31.4 Å². The Hall–Kier alpha value is -2.53. The number of aryl methyl sites for hydroxylation is 1. The van der Waals surface area contributed by atoms with Gasteiger partial charge in [-0.2, -0.15) is 0 Å². The number of hydrogen-bond donors (Lipinski definition) is 1. The predicted octanol–water partition coefficient (Wildman–Crippen LogP) is 3.04. The van der Waals surface area contributed by atoms with Gasteiger partial charge in [0.1, 0.15) is 18.1 Å². The molecule has 0 saturated heterocycles. The van der Waals surface area contributed by atoms with Crippen LogP contribution in [-0.2, 0) is 9.53 Å². The lowest BCUT2D eigenvalue weighted by molar-refractivity contribution is -0.118. The molecule has 23 heavy (non-hydrogen) atoms. The lowest BCUT2D eigenvalue weighted by atomic mass is 10.2. The molecule has 2 aromatic carbocycles. The number of carbonyl (C=O) groups excluding carboxylic acids is 1. The number of benzene rings is 2. The van der Waals surface area contributed by atoms with Crippen molar-refractivity contribution in [1.82, 2.24) is 0 Å². The van der Waals surface area contributed by atoms with Crippen molar-refractivity contribution in [2.24, 2.45) is 0 Å². The highest BCUT2D eigenvalue weighted by Crippen LogP contribution is 2.16. The Labute approximate surface area is 136 Å². The predicted molar refractivity (Wildman–Crippen MR) is 89.1 cm³/mol. The van der Waals surface area contributed by atoms with Crippen LogP contribution >= 0.6 is 0 Å². The minimum absolute atomic E-state index is 0.0322. The van der Waals surface area contributed by atoms with Gasteiger partial charge in [-0.05, 0) is 48.9 Å². The van der Waals surface area contributed by atoms with Crippen LogP contribution in [0.25, 0.3) is 0 Å². The highest BCUT2D eigenvalue weighted by atomic mass is 16.5. The van der Waals surface area contributed by atoms with Gasteiger partial charge >= 0.3 is 0 Å². The molecule has 2 aromatic rings. The van der Waals surface area contributed by atoms with E-state index in [0.717, 1.165) is 11.3 Å². The molecule has 0 aliphatic rings. The van der Waals surface area contributed by atoms with Gasteiger partial charge in [-0.1, -0.05) is 12.1 Å². The molecule has 0 saturated carbocycles. The third-order valence-electron chi connectivity index (χ3n) is 3.05. The van der Waals surface area contributed by atoms with E-state index in [-0.39, 0.29) is 12.5 Å². The highest BCUT2D eigenvalue weighted by molar-refractivity contribution is 5.91. The maximum Gasteiger partial charge on any atom is 0.262 e. The summed E-state index contributed by atoms with van der Waals surface area (Å²) < 4.78 is 15.8. The number of anilines is 1. The van der Waals surface area contributed by atoms with Gasteiger partial charge in [0.15, 0.2) is 6.61 Å². The molecular formula is C18H21NO4. The normalized spacial score (nSPS) is 10.2. The van der Waals surface area contributed by atoms with Crippen LogP contribution in [0.5, 0.6) is 11.5 Å². The zero-order valence-electron chi connectivity index (χ0n) is 13.4. The van der Waals surface area contributed by atoms with Crippen LogP contribution < -0.4 is 14.8 Å². The van der Waals surface area contributed by atoms with E-state index < -0.39 is 0 Å². The first kappa shape index (κ1) is 16.8. The second-order valence-electron chi connectivity index (χ2n) is 5.02. The van der Waals surface area contributed by atoms with E-state index >= 15 is 0 Å². The number of carbonyl (C=O) groups is 1. The summed E-state index contributed by atoms with van der Waals surface area (Å²) in [6, 6.07) is 14.7. The Kier molecular flexibility index (Phi) is 6.44. The van der Waals surface area contributed by atoms with Crippen LogP contribution in [0, 0.1) is 6.92 Å². The van der Waals surface area contributed by atoms with E-state index in [1.165, 1.54) is 0 Å². The Morgan fingerprint density at radius 2 is 1.78 bits per heavy atom. The molecule has 0 aliphatic heterocycles. The van der Waals surface area contributed by atoms with Crippen molar-refractivity contribution in [3.8, 4) is 11.5 Å². The van der Waals surface area contributed by atoms with Crippen molar-refractivity contribution in [2.75, 3.05) is 32.2 Å². The van der Waals surface area contributed by atoms with Crippen molar-refractivity contribution in [2.45, 2.75) is 6.92 Å². The first-order chi connectivity index (χ1) is 11.2. The van der Waals surface area contributed by atoms with Gasteiger partial charge in [-0.25, -0.2) is 0 Å². The Bertz CT molecular complexity index is 625. The quantitative estimate of drug-likeness (QED) is 0.761. The van der Waals surface area contributed by atoms with Gasteiger partial charge in [0.05, 0.1) is 6.61 Å². The molecule has 0 heterocycles. The first-order valence-electron chi connectivity index (χ1n) is 7.38. The number of nitrogens with one attached hydrogen (secondary N) is 1. The Balaban J connectivity index is 1.78. The number of rotatable bonds is 8. The third-order valence-corrected chi connectivity index (χ3v) is 3.05. The summed E-state index contributed by atoms with van der Waals surface area (Å²) in [6.45, 7) is 2.97. The van der Waals surface area contributed by atoms with E-state index in [9.17, 15) is 4.79 Å². The fourth-order valence-corrected chi connectivity index (χ4v) is 1.93. The van der Waals surface area contributed by atoms with Gasteiger partial charge in [0, 0.05) is 12.8 Å². The molecule has 0 atom stereocenters. The summed E-state index contributed by atoms with van der Waals surface area (Å²) >= 11 is 0. The minimum atomic E-state index is -0.209. The van der Waals surface area contributed by atoms with E-state index in [2.05, 4.69) is 5.32 Å². The monoisotopic (exact) mass is 315 g/mol. The SMILES string of the molecule is COCCOc1ccc(NC(=O)COc2cccc(C)c2)cc1. The molecule has 0 fully saturated rings. The molecule has 0 radical (unpaired) electrons. The second kappa shape index (κ2) is 8.80. The molecule has 0 spiro atoms. The smallest absolute Gasteiger partial charge is 0.262 e. The van der Waals surface area contributed by atoms with E-state index in [4.69, 9.17) is 14.2 Å². The summed E-state index contributed by atoms with van der Waals surface area (Å²) in [5.74, 6) is 1.21. The molecule has 122 valence electrons. The van der Waals surface area contributed by atoms with Crippen LogP contribution in [0.1, 0.15) is 5.56 Å². The maximum atomic E-state index is 11.9. The molecule has 1 amide bonds. The minimum Gasteiger partial charge on any atom is -0.491 e. The summed E-state index contributed by atoms with van der Waals surface area (Å²) in [4.78, 5) is 11.9. The van der Waals surface area contributed by atoms with Crippen LogP contribution in [-0.4, -0.2) is 32.8 Å².